The standard InChI is InChI=1S/C6H13N3/c1-4-6(8-5-2)9-7-3/h3-5H2,1-2H3,(H,8,9). The summed E-state index contributed by atoms with van der Waals surface area (Å²) in [7, 11) is 0. The van der Waals surface area contributed by atoms with Gasteiger partial charge in [-0.25, -0.2) is 0 Å². The minimum atomic E-state index is 0.797. The molecule has 52 valence electrons. The molecule has 0 bridgehead atoms. The second-order valence-corrected chi connectivity index (χ2v) is 1.54. The van der Waals surface area contributed by atoms with E-state index in [1.54, 1.807) is 0 Å². The first kappa shape index (κ1) is 8.14. The van der Waals surface area contributed by atoms with Gasteiger partial charge in [-0.2, -0.15) is 5.10 Å². The highest BCUT2D eigenvalue weighted by Crippen LogP contribution is 1.80. The zero-order chi connectivity index (χ0) is 7.11. The molecular weight excluding hydrogens is 114 g/mol. The molecule has 0 aliphatic carbocycles. The van der Waals surface area contributed by atoms with Gasteiger partial charge in [-0.05, 0) is 6.92 Å². The van der Waals surface area contributed by atoms with Crippen LogP contribution in [0.15, 0.2) is 10.1 Å². The van der Waals surface area contributed by atoms with E-state index in [1.807, 2.05) is 13.8 Å². The Balaban J connectivity index is 3.65. The summed E-state index contributed by atoms with van der Waals surface area (Å²) in [6, 6.07) is 0. The molecule has 0 saturated carbocycles. The van der Waals surface area contributed by atoms with E-state index in [2.05, 4.69) is 22.2 Å². The van der Waals surface area contributed by atoms with E-state index in [4.69, 9.17) is 0 Å². The highest BCUT2D eigenvalue weighted by atomic mass is 15.3. The Morgan fingerprint density at radius 1 is 1.56 bits per heavy atom. The van der Waals surface area contributed by atoms with E-state index in [0.717, 1.165) is 18.8 Å². The molecule has 1 N–H and O–H groups in total. The van der Waals surface area contributed by atoms with E-state index in [9.17, 15) is 0 Å². The smallest absolute Gasteiger partial charge is 0.116 e. The molecule has 3 nitrogen and oxygen atoms in total. The maximum Gasteiger partial charge on any atom is 0.116 e. The molecule has 0 rings (SSSR count). The molecule has 0 radical (unpaired) electrons. The number of nitrogens with one attached hydrogen (secondary N) is 1. The van der Waals surface area contributed by atoms with Crippen molar-refractivity contribution < 1.29 is 0 Å². The summed E-state index contributed by atoms with van der Waals surface area (Å²) in [5, 5.41) is 3.49. The molecule has 0 heterocycles. The normalized spacial score (nSPS) is 11.1. The molecule has 0 spiro atoms. The fourth-order valence-corrected chi connectivity index (χ4v) is 0.508. The number of rotatable bonds is 3. The molecule has 0 aromatic heterocycles. The Morgan fingerprint density at radius 2 is 2.22 bits per heavy atom. The highest BCUT2D eigenvalue weighted by molar-refractivity contribution is 5.81. The van der Waals surface area contributed by atoms with Crippen LogP contribution in [0.2, 0.25) is 0 Å². The molecule has 0 saturated heterocycles. The van der Waals surface area contributed by atoms with Gasteiger partial charge in [-0.3, -0.25) is 10.4 Å². The van der Waals surface area contributed by atoms with Gasteiger partial charge in [-0.1, -0.05) is 6.92 Å². The Kier molecular flexibility index (Phi) is 4.78. The fourth-order valence-electron chi connectivity index (χ4n) is 0.508. The average molecular weight is 127 g/mol. The van der Waals surface area contributed by atoms with Crippen LogP contribution < -0.4 is 5.43 Å². The molecule has 0 fully saturated rings. The summed E-state index contributed by atoms with van der Waals surface area (Å²) in [6.45, 7) is 8.09. The molecule has 0 aliphatic heterocycles. The largest absolute Gasteiger partial charge is 0.271 e. The Hall–Kier alpha value is -0.860. The maximum absolute atomic E-state index is 4.10. The van der Waals surface area contributed by atoms with E-state index in [-0.39, 0.29) is 0 Å². The lowest BCUT2D eigenvalue weighted by Gasteiger charge is -1.98. The van der Waals surface area contributed by atoms with Crippen molar-refractivity contribution in [3.8, 4) is 0 Å². The summed E-state index contributed by atoms with van der Waals surface area (Å²) in [6.07, 6.45) is 0.882. The third-order valence-electron chi connectivity index (χ3n) is 0.892. The van der Waals surface area contributed by atoms with Crippen molar-refractivity contribution in [1.29, 1.82) is 0 Å². The lowest BCUT2D eigenvalue weighted by molar-refractivity contribution is 0.957. The van der Waals surface area contributed by atoms with Gasteiger partial charge in [-0.15, -0.1) is 0 Å². The average Bonchev–Trinajstić information content (AvgIpc) is 1.88. The van der Waals surface area contributed by atoms with Gasteiger partial charge in [0.25, 0.3) is 0 Å². The van der Waals surface area contributed by atoms with E-state index >= 15 is 0 Å². The summed E-state index contributed by atoms with van der Waals surface area (Å²) in [5.41, 5.74) is 2.70. The van der Waals surface area contributed by atoms with Crippen LogP contribution in [0.1, 0.15) is 20.3 Å². The molecule has 9 heavy (non-hydrogen) atoms. The van der Waals surface area contributed by atoms with Crippen LogP contribution in [-0.4, -0.2) is 19.1 Å². The second-order valence-electron chi connectivity index (χ2n) is 1.54. The first-order valence-electron chi connectivity index (χ1n) is 3.10. The van der Waals surface area contributed by atoms with Crippen molar-refractivity contribution in [2.45, 2.75) is 20.3 Å². The zero-order valence-electron chi connectivity index (χ0n) is 6.02. The summed E-state index contributed by atoms with van der Waals surface area (Å²) < 4.78 is 0. The number of nitrogens with zero attached hydrogens (tertiary/aromatic N) is 2. The predicted octanol–water partition coefficient (Wildman–Crippen LogP) is 1.02. The van der Waals surface area contributed by atoms with Gasteiger partial charge in [0.2, 0.25) is 0 Å². The van der Waals surface area contributed by atoms with Gasteiger partial charge in [0.1, 0.15) is 5.84 Å². The van der Waals surface area contributed by atoms with Crippen LogP contribution in [0.25, 0.3) is 0 Å². The van der Waals surface area contributed by atoms with E-state index in [1.165, 1.54) is 0 Å². The summed E-state index contributed by atoms with van der Waals surface area (Å²) >= 11 is 0. The second kappa shape index (κ2) is 5.28. The van der Waals surface area contributed by atoms with Gasteiger partial charge in [0.05, 0.1) is 0 Å². The Labute approximate surface area is 55.9 Å². The summed E-state index contributed by atoms with van der Waals surface area (Å²) in [5.74, 6) is 0.896. The van der Waals surface area contributed by atoms with Crippen molar-refractivity contribution in [3.63, 3.8) is 0 Å². The molecule has 0 atom stereocenters. The number of hydrogen-bond donors (Lipinski definition) is 1. The third kappa shape index (κ3) is 3.70. The molecule has 0 amide bonds. The van der Waals surface area contributed by atoms with Crippen molar-refractivity contribution in [2.75, 3.05) is 6.54 Å². The molecule has 0 aliphatic rings. The van der Waals surface area contributed by atoms with Gasteiger partial charge >= 0.3 is 0 Å². The predicted molar refractivity (Wildman–Crippen MR) is 41.0 cm³/mol. The number of hydrazone groups is 1. The van der Waals surface area contributed by atoms with Crippen molar-refractivity contribution >= 4 is 12.6 Å². The fraction of sp³-hybridized carbons (Fsp3) is 0.667. The SMILES string of the molecule is C=NN/C(CC)=N/CC. The summed E-state index contributed by atoms with van der Waals surface area (Å²) in [4.78, 5) is 4.10. The van der Waals surface area contributed by atoms with E-state index < -0.39 is 0 Å². The van der Waals surface area contributed by atoms with Crippen LogP contribution in [0.3, 0.4) is 0 Å². The van der Waals surface area contributed by atoms with Crippen LogP contribution in [0.5, 0.6) is 0 Å². The number of amidine groups is 1. The topological polar surface area (TPSA) is 36.8 Å². The minimum absolute atomic E-state index is 0.797. The number of aliphatic imine (C=N–C) groups is 1. The highest BCUT2D eigenvalue weighted by Gasteiger charge is 1.87. The van der Waals surface area contributed by atoms with Crippen LogP contribution in [0, 0.1) is 0 Å². The maximum atomic E-state index is 4.10. The van der Waals surface area contributed by atoms with Gasteiger partial charge < -0.3 is 0 Å². The quantitative estimate of drug-likeness (QED) is 0.343. The molecule has 0 aromatic carbocycles. The lowest BCUT2D eigenvalue weighted by Crippen LogP contribution is -2.15. The third-order valence-corrected chi connectivity index (χ3v) is 0.892. The minimum Gasteiger partial charge on any atom is -0.271 e. The van der Waals surface area contributed by atoms with Gasteiger partial charge in [0.15, 0.2) is 0 Å². The van der Waals surface area contributed by atoms with Crippen LogP contribution in [-0.2, 0) is 0 Å². The monoisotopic (exact) mass is 127 g/mol. The van der Waals surface area contributed by atoms with E-state index in [0.29, 0.717) is 0 Å². The Morgan fingerprint density at radius 3 is 2.56 bits per heavy atom. The van der Waals surface area contributed by atoms with Crippen LogP contribution in [0.4, 0.5) is 0 Å². The number of hydrogen-bond acceptors (Lipinski definition) is 2. The van der Waals surface area contributed by atoms with Crippen molar-refractivity contribution in [2.24, 2.45) is 10.1 Å². The Bertz CT molecular complexity index is 107. The zero-order valence-corrected chi connectivity index (χ0v) is 6.02. The molecule has 3 heteroatoms. The van der Waals surface area contributed by atoms with Crippen molar-refractivity contribution in [3.05, 3.63) is 0 Å². The first-order valence-corrected chi connectivity index (χ1v) is 3.10. The lowest BCUT2D eigenvalue weighted by atomic mass is 10.4. The molecule has 0 aromatic rings. The van der Waals surface area contributed by atoms with Crippen LogP contribution >= 0.6 is 0 Å². The first-order chi connectivity index (χ1) is 4.35. The molecule has 0 unspecified atom stereocenters. The molecular formula is C6H13N3. The van der Waals surface area contributed by atoms with Crippen molar-refractivity contribution in [1.82, 2.24) is 5.43 Å². The van der Waals surface area contributed by atoms with Gasteiger partial charge in [0, 0.05) is 19.7 Å².